The summed E-state index contributed by atoms with van der Waals surface area (Å²) in [5, 5.41) is 0. The minimum atomic E-state index is 0.270. The Morgan fingerprint density at radius 2 is 2.04 bits per heavy atom. The minimum absolute atomic E-state index is 0.270. The molecule has 0 unspecified atom stereocenters. The molecule has 0 N–H and O–H groups in total. The lowest BCUT2D eigenvalue weighted by Crippen LogP contribution is -2.52. The lowest BCUT2D eigenvalue weighted by atomic mass is 9.72. The molecule has 0 saturated carbocycles. The highest BCUT2D eigenvalue weighted by molar-refractivity contribution is 5.77. The molecule has 2 aliphatic heterocycles. The van der Waals surface area contributed by atoms with E-state index in [0.717, 1.165) is 57.0 Å². The Hall–Kier alpha value is -1.69. The van der Waals surface area contributed by atoms with E-state index in [0.29, 0.717) is 19.6 Å². The molecule has 2 aliphatic rings. The number of anilines is 1. The van der Waals surface area contributed by atoms with Crippen LogP contribution in [0.4, 0.5) is 5.82 Å². The number of carbonyl (C=O) groups excluding carboxylic acids is 1. The molecule has 6 nitrogen and oxygen atoms in total. The molecule has 1 spiro atoms. The molecule has 138 valence electrons. The maximum atomic E-state index is 12.2. The third-order valence-corrected chi connectivity index (χ3v) is 5.78. The molecule has 0 aliphatic carbocycles. The van der Waals surface area contributed by atoms with Gasteiger partial charge in [0.25, 0.3) is 0 Å². The molecular formula is C19H30N4O2. The standard InChI is InChI=1S/C19H30N4O2/c1-4-16-13-20-15(2)21-18(16)22-9-7-19(8-10-22)6-5-17(24)23(14-19)11-12-25-3/h13H,4-12,14H2,1-3H3. The van der Waals surface area contributed by atoms with E-state index in [-0.39, 0.29) is 11.3 Å². The maximum absolute atomic E-state index is 12.2. The summed E-state index contributed by atoms with van der Waals surface area (Å²) in [7, 11) is 1.69. The van der Waals surface area contributed by atoms with Gasteiger partial charge in [0.2, 0.25) is 5.91 Å². The van der Waals surface area contributed by atoms with Crippen LogP contribution in [-0.4, -0.2) is 60.7 Å². The van der Waals surface area contributed by atoms with E-state index in [9.17, 15) is 4.79 Å². The van der Waals surface area contributed by atoms with Crippen LogP contribution < -0.4 is 4.90 Å². The van der Waals surface area contributed by atoms with E-state index in [1.54, 1.807) is 7.11 Å². The second kappa shape index (κ2) is 7.68. The van der Waals surface area contributed by atoms with Gasteiger partial charge in [-0.25, -0.2) is 9.97 Å². The van der Waals surface area contributed by atoms with Crippen molar-refractivity contribution < 1.29 is 9.53 Å². The number of piperidine rings is 2. The molecular weight excluding hydrogens is 316 g/mol. The number of carbonyl (C=O) groups is 1. The normalized spacial score (nSPS) is 20.4. The summed E-state index contributed by atoms with van der Waals surface area (Å²) in [5.41, 5.74) is 1.49. The largest absolute Gasteiger partial charge is 0.383 e. The van der Waals surface area contributed by atoms with Crippen LogP contribution in [0, 0.1) is 12.3 Å². The zero-order valence-corrected chi connectivity index (χ0v) is 15.8. The molecule has 0 radical (unpaired) electrons. The highest BCUT2D eigenvalue weighted by atomic mass is 16.5. The number of ether oxygens (including phenoxy) is 1. The molecule has 1 aromatic heterocycles. The van der Waals surface area contributed by atoms with Gasteiger partial charge in [-0.15, -0.1) is 0 Å². The van der Waals surface area contributed by atoms with Crippen LogP contribution in [0.1, 0.15) is 44.0 Å². The Bertz CT molecular complexity index is 611. The summed E-state index contributed by atoms with van der Waals surface area (Å²) >= 11 is 0. The van der Waals surface area contributed by atoms with Crippen molar-refractivity contribution >= 4 is 11.7 Å². The number of hydrogen-bond acceptors (Lipinski definition) is 5. The van der Waals surface area contributed by atoms with E-state index < -0.39 is 0 Å². The molecule has 2 fully saturated rings. The lowest BCUT2D eigenvalue weighted by molar-refractivity contribution is -0.139. The zero-order valence-electron chi connectivity index (χ0n) is 15.8. The van der Waals surface area contributed by atoms with Crippen LogP contribution in [0.5, 0.6) is 0 Å². The van der Waals surface area contributed by atoms with Crippen molar-refractivity contribution in [1.82, 2.24) is 14.9 Å². The van der Waals surface area contributed by atoms with Gasteiger partial charge in [-0.2, -0.15) is 0 Å². The van der Waals surface area contributed by atoms with E-state index in [2.05, 4.69) is 16.8 Å². The highest BCUT2D eigenvalue weighted by Gasteiger charge is 2.41. The number of likely N-dealkylation sites (tertiary alicyclic amines) is 1. The molecule has 2 saturated heterocycles. The Kier molecular flexibility index (Phi) is 5.57. The quantitative estimate of drug-likeness (QED) is 0.818. The molecule has 3 rings (SSSR count). The van der Waals surface area contributed by atoms with Crippen molar-refractivity contribution in [3.8, 4) is 0 Å². The summed E-state index contributed by atoms with van der Waals surface area (Å²) in [6, 6.07) is 0. The fourth-order valence-corrected chi connectivity index (χ4v) is 4.11. The predicted octanol–water partition coefficient (Wildman–Crippen LogP) is 2.20. The van der Waals surface area contributed by atoms with E-state index in [1.165, 1.54) is 5.56 Å². The first-order chi connectivity index (χ1) is 12.1. The molecule has 25 heavy (non-hydrogen) atoms. The molecule has 0 bridgehead atoms. The van der Waals surface area contributed by atoms with Gasteiger partial charge in [0.15, 0.2) is 0 Å². The fourth-order valence-electron chi connectivity index (χ4n) is 4.11. The Labute approximate surface area is 150 Å². The van der Waals surface area contributed by atoms with Crippen LogP contribution in [0.3, 0.4) is 0 Å². The third kappa shape index (κ3) is 3.94. The van der Waals surface area contributed by atoms with Gasteiger partial charge in [0, 0.05) is 51.5 Å². The van der Waals surface area contributed by atoms with Gasteiger partial charge >= 0.3 is 0 Å². The summed E-state index contributed by atoms with van der Waals surface area (Å²) in [4.78, 5) is 25.6. The first kappa shape index (κ1) is 18.1. The summed E-state index contributed by atoms with van der Waals surface area (Å²) in [5.74, 6) is 2.22. The predicted molar refractivity (Wildman–Crippen MR) is 97.7 cm³/mol. The van der Waals surface area contributed by atoms with Gasteiger partial charge in [-0.3, -0.25) is 4.79 Å². The van der Waals surface area contributed by atoms with Crippen molar-refractivity contribution in [2.45, 2.75) is 46.0 Å². The molecule has 3 heterocycles. The lowest BCUT2D eigenvalue weighted by Gasteiger charge is -2.47. The Balaban J connectivity index is 1.67. The topological polar surface area (TPSA) is 58.6 Å². The summed E-state index contributed by atoms with van der Waals surface area (Å²) in [6.45, 7) is 8.34. The molecule has 0 aromatic carbocycles. The molecule has 1 amide bonds. The number of hydrogen-bond donors (Lipinski definition) is 0. The number of amides is 1. The number of aryl methyl sites for hydroxylation is 2. The van der Waals surface area contributed by atoms with Gasteiger partial charge in [-0.1, -0.05) is 6.92 Å². The first-order valence-corrected chi connectivity index (χ1v) is 9.41. The molecule has 6 heteroatoms. The van der Waals surface area contributed by atoms with Crippen molar-refractivity contribution in [3.05, 3.63) is 17.6 Å². The van der Waals surface area contributed by atoms with Crippen LogP contribution in [0.2, 0.25) is 0 Å². The van der Waals surface area contributed by atoms with Crippen LogP contribution in [-0.2, 0) is 16.0 Å². The van der Waals surface area contributed by atoms with Crippen molar-refractivity contribution in [2.75, 3.05) is 44.8 Å². The zero-order chi connectivity index (χ0) is 17.9. The van der Waals surface area contributed by atoms with Gasteiger partial charge in [0.1, 0.15) is 11.6 Å². The summed E-state index contributed by atoms with van der Waals surface area (Å²) < 4.78 is 5.16. The smallest absolute Gasteiger partial charge is 0.222 e. The van der Waals surface area contributed by atoms with Gasteiger partial charge < -0.3 is 14.5 Å². The van der Waals surface area contributed by atoms with Crippen molar-refractivity contribution in [2.24, 2.45) is 5.41 Å². The van der Waals surface area contributed by atoms with E-state index in [1.807, 2.05) is 18.0 Å². The molecule has 1 aromatic rings. The number of nitrogens with zero attached hydrogens (tertiary/aromatic N) is 4. The van der Waals surface area contributed by atoms with E-state index >= 15 is 0 Å². The average Bonchev–Trinajstić information content (AvgIpc) is 2.63. The fraction of sp³-hybridized carbons (Fsp3) is 0.737. The number of methoxy groups -OCH3 is 1. The SMILES string of the molecule is CCc1cnc(C)nc1N1CCC2(CCC(=O)N(CCOC)C2)CC1. The monoisotopic (exact) mass is 346 g/mol. The Morgan fingerprint density at radius 1 is 1.28 bits per heavy atom. The van der Waals surface area contributed by atoms with Crippen LogP contribution in [0.15, 0.2) is 6.20 Å². The summed E-state index contributed by atoms with van der Waals surface area (Å²) in [6.07, 6.45) is 6.86. The minimum Gasteiger partial charge on any atom is -0.383 e. The number of aromatic nitrogens is 2. The Morgan fingerprint density at radius 3 is 2.72 bits per heavy atom. The second-order valence-corrected chi connectivity index (χ2v) is 7.41. The maximum Gasteiger partial charge on any atom is 0.222 e. The molecule has 0 atom stereocenters. The van der Waals surface area contributed by atoms with Crippen LogP contribution >= 0.6 is 0 Å². The first-order valence-electron chi connectivity index (χ1n) is 9.41. The van der Waals surface area contributed by atoms with Crippen molar-refractivity contribution in [1.29, 1.82) is 0 Å². The highest BCUT2D eigenvalue weighted by Crippen LogP contribution is 2.41. The van der Waals surface area contributed by atoms with Gasteiger partial charge in [-0.05, 0) is 38.0 Å². The average molecular weight is 346 g/mol. The third-order valence-electron chi connectivity index (χ3n) is 5.78. The van der Waals surface area contributed by atoms with E-state index in [4.69, 9.17) is 9.72 Å². The van der Waals surface area contributed by atoms with Crippen LogP contribution in [0.25, 0.3) is 0 Å². The second-order valence-electron chi connectivity index (χ2n) is 7.41. The number of rotatable bonds is 5. The van der Waals surface area contributed by atoms with Crippen molar-refractivity contribution in [3.63, 3.8) is 0 Å². The van der Waals surface area contributed by atoms with Gasteiger partial charge in [0.05, 0.1) is 6.61 Å².